The fourth-order valence-electron chi connectivity index (χ4n) is 13.9. The quantitative estimate of drug-likeness (QED) is 0.264. The van der Waals surface area contributed by atoms with Crippen LogP contribution in [0.15, 0.2) is 71.0 Å². The predicted octanol–water partition coefficient (Wildman–Crippen LogP) is 5.93. The van der Waals surface area contributed by atoms with E-state index in [1.165, 1.54) is 5.57 Å². The minimum atomic E-state index is -2.56. The molecule has 0 aromatic heterocycles. The number of nitrogens with one attached hydrogen (secondary N) is 1. The maximum Gasteiger partial charge on any atom is 0.253 e. The number of allylic oxidation sites excluding steroid dienone is 5. The summed E-state index contributed by atoms with van der Waals surface area (Å²) in [5.41, 5.74) is -0.0981. The van der Waals surface area contributed by atoms with Gasteiger partial charge in [-0.2, -0.15) is 0 Å². The Morgan fingerprint density at radius 1 is 1.02 bits per heavy atom. The van der Waals surface area contributed by atoms with Crippen molar-refractivity contribution in [3.63, 3.8) is 0 Å². The van der Waals surface area contributed by atoms with Crippen LogP contribution >= 0.6 is 0 Å². The third-order valence-electron chi connectivity index (χ3n) is 15.4. The van der Waals surface area contributed by atoms with E-state index in [0.717, 1.165) is 18.4 Å². The van der Waals surface area contributed by atoms with E-state index in [1.807, 2.05) is 44.2 Å². The van der Waals surface area contributed by atoms with E-state index in [0.29, 0.717) is 17.6 Å². The summed E-state index contributed by atoms with van der Waals surface area (Å²) in [6.45, 7) is 20.9. The molecule has 0 spiro atoms. The fraction of sp³-hybridized carbons (Fsp3) is 0.628. The van der Waals surface area contributed by atoms with Crippen LogP contribution in [-0.2, 0) is 25.5 Å². The number of aliphatic hydroxyl groups excluding tert-OH is 1. The van der Waals surface area contributed by atoms with Gasteiger partial charge < -0.3 is 34.8 Å². The van der Waals surface area contributed by atoms with Crippen LogP contribution < -0.4 is 10.1 Å². The van der Waals surface area contributed by atoms with Crippen molar-refractivity contribution >= 4 is 11.7 Å². The van der Waals surface area contributed by atoms with Crippen LogP contribution in [0, 0.1) is 64.1 Å². The van der Waals surface area contributed by atoms with Crippen LogP contribution in [0.2, 0.25) is 0 Å². The molecular formula is C43H53NO8. The van der Waals surface area contributed by atoms with Crippen molar-refractivity contribution in [2.75, 3.05) is 0 Å². The number of benzene rings is 1. The second kappa shape index (κ2) is 10.5. The highest BCUT2D eigenvalue weighted by molar-refractivity contribution is 6.05. The highest BCUT2D eigenvalue weighted by Crippen LogP contribution is 2.70. The van der Waals surface area contributed by atoms with E-state index in [4.69, 9.17) is 14.2 Å². The second-order valence-corrected chi connectivity index (χ2v) is 18.5. The Kier molecular flexibility index (Phi) is 6.97. The second-order valence-electron chi connectivity index (χ2n) is 18.5. The number of carbonyl (C=O) groups is 2. The summed E-state index contributed by atoms with van der Waals surface area (Å²) < 4.78 is 20.1. The third kappa shape index (κ3) is 3.93. The molecule has 9 nitrogen and oxygen atoms in total. The first kappa shape index (κ1) is 34.5. The van der Waals surface area contributed by atoms with Crippen LogP contribution in [-0.4, -0.2) is 56.5 Å². The van der Waals surface area contributed by atoms with Gasteiger partial charge in [0, 0.05) is 41.1 Å². The summed E-state index contributed by atoms with van der Waals surface area (Å²) in [5.74, 6) is -8.22. The zero-order valence-electron chi connectivity index (χ0n) is 31.5. The molecule has 4 bridgehead atoms. The number of Topliss-reactive ketones (excluding diaryl/α,β-unsaturated/α-hetero) is 1. The molecule has 16 unspecified atom stereocenters. The highest BCUT2D eigenvalue weighted by atomic mass is 16.7. The van der Waals surface area contributed by atoms with E-state index >= 15 is 0 Å². The van der Waals surface area contributed by atoms with Crippen molar-refractivity contribution in [2.45, 2.75) is 104 Å². The SMILES string of the molecule is C=CC1(C)C=C(C)C2C3C(Oc4cccc(c4)CC45NC(=O)C(=C(O)C31)C4C1C(=O)C(C)=C3C(C)C(C)OC3(O)C1(O)O5)C1C(C)CC(C)CC21C. The molecule has 9 rings (SSSR count). The summed E-state index contributed by atoms with van der Waals surface area (Å²) in [4.78, 5) is 29.4. The number of ether oxygens (including phenoxy) is 3. The fourth-order valence-corrected chi connectivity index (χ4v) is 13.9. The van der Waals surface area contributed by atoms with Gasteiger partial charge in [0.1, 0.15) is 17.6 Å². The minimum Gasteiger partial charge on any atom is -0.511 e. The lowest BCUT2D eigenvalue weighted by molar-refractivity contribution is -0.379. The Bertz CT molecular complexity index is 1930. The summed E-state index contributed by atoms with van der Waals surface area (Å²) >= 11 is 0. The average Bonchev–Trinajstić information content (AvgIpc) is 3.65. The Balaban J connectivity index is 1.34. The molecule has 52 heavy (non-hydrogen) atoms. The first-order valence-electron chi connectivity index (χ1n) is 19.3. The van der Waals surface area contributed by atoms with Crippen molar-refractivity contribution < 1.29 is 39.1 Å². The zero-order valence-corrected chi connectivity index (χ0v) is 31.5. The van der Waals surface area contributed by atoms with Gasteiger partial charge in [0.05, 0.1) is 23.5 Å². The summed E-state index contributed by atoms with van der Waals surface area (Å²) in [6, 6.07) is 7.75. The molecule has 278 valence electrons. The number of ketones is 1. The molecule has 1 amide bonds. The Morgan fingerprint density at radius 3 is 2.46 bits per heavy atom. The molecule has 2 saturated carbocycles. The number of aliphatic hydroxyl groups is 3. The largest absolute Gasteiger partial charge is 0.511 e. The third-order valence-corrected chi connectivity index (χ3v) is 15.4. The average molecular weight is 712 g/mol. The lowest BCUT2D eigenvalue weighted by Gasteiger charge is -2.50. The van der Waals surface area contributed by atoms with Crippen molar-refractivity contribution in [3.8, 4) is 5.75 Å². The normalized spacial score (nSPS) is 51.6. The van der Waals surface area contributed by atoms with E-state index in [1.54, 1.807) is 13.8 Å². The first-order valence-corrected chi connectivity index (χ1v) is 19.3. The van der Waals surface area contributed by atoms with Gasteiger partial charge in [-0.15, -0.1) is 6.58 Å². The Labute approximate surface area is 306 Å². The molecule has 4 aliphatic carbocycles. The molecular weight excluding hydrogens is 658 g/mol. The molecule has 16 atom stereocenters. The topological polar surface area (TPSA) is 135 Å². The van der Waals surface area contributed by atoms with Gasteiger partial charge in [0.15, 0.2) is 11.5 Å². The van der Waals surface area contributed by atoms with Crippen molar-refractivity contribution in [2.24, 2.45) is 64.1 Å². The molecule has 0 radical (unpaired) electrons. The molecule has 5 fully saturated rings. The van der Waals surface area contributed by atoms with E-state index in [-0.39, 0.29) is 64.1 Å². The first-order chi connectivity index (χ1) is 24.4. The van der Waals surface area contributed by atoms with Crippen molar-refractivity contribution in [3.05, 3.63) is 76.6 Å². The van der Waals surface area contributed by atoms with Gasteiger partial charge in [0.25, 0.3) is 5.91 Å². The molecule has 8 aliphatic rings. The predicted molar refractivity (Wildman–Crippen MR) is 192 cm³/mol. The molecule has 4 aliphatic heterocycles. The van der Waals surface area contributed by atoms with E-state index in [2.05, 4.69) is 45.7 Å². The van der Waals surface area contributed by atoms with Gasteiger partial charge in [-0.25, -0.2) is 0 Å². The highest BCUT2D eigenvalue weighted by Gasteiger charge is 2.81. The molecule has 3 saturated heterocycles. The summed E-state index contributed by atoms with van der Waals surface area (Å²) in [5, 5.41) is 41.3. The summed E-state index contributed by atoms with van der Waals surface area (Å²) in [6.07, 6.45) is 5.37. The number of fused-ring (bicyclic) bond motifs is 8. The number of carbonyl (C=O) groups excluding carboxylic acids is 2. The van der Waals surface area contributed by atoms with Crippen LogP contribution in [0.3, 0.4) is 0 Å². The van der Waals surface area contributed by atoms with Crippen molar-refractivity contribution in [1.29, 1.82) is 0 Å². The van der Waals surface area contributed by atoms with Crippen LogP contribution in [0.5, 0.6) is 5.75 Å². The van der Waals surface area contributed by atoms with Crippen LogP contribution in [0.4, 0.5) is 0 Å². The number of hydrogen-bond donors (Lipinski definition) is 4. The summed E-state index contributed by atoms with van der Waals surface area (Å²) in [7, 11) is 0. The zero-order chi connectivity index (χ0) is 37.2. The van der Waals surface area contributed by atoms with E-state index in [9.17, 15) is 24.9 Å². The molecule has 1 aromatic rings. The Morgan fingerprint density at radius 2 is 1.75 bits per heavy atom. The van der Waals surface area contributed by atoms with Gasteiger partial charge >= 0.3 is 0 Å². The standard InChI is InChI=1S/C43H53NO8/c1-10-39(8)17-21(4)29-27-33(39)36(46)28-32-34-35(45)23(6)31-22(5)24(7)51-42(31,48)43(34,49)52-41(32,44-38(28)47)18-25-12-11-13-26(15-25)50-37(27)30-20(3)14-19(2)16-40(29,30)9/h10-13,15,17,19-20,22,24,27,29-30,32-34,37,46,48-49H,1,14,16,18H2,2-9H3,(H,44,47). The number of hydrogen-bond acceptors (Lipinski definition) is 8. The van der Waals surface area contributed by atoms with Gasteiger partial charge in [-0.3, -0.25) is 9.59 Å². The Hall–Kier alpha value is -3.24. The molecule has 4 N–H and O–H groups in total. The van der Waals surface area contributed by atoms with Crippen LogP contribution in [0.25, 0.3) is 0 Å². The van der Waals surface area contributed by atoms with Gasteiger partial charge in [-0.1, -0.05) is 64.5 Å². The lowest BCUT2D eigenvalue weighted by Crippen LogP contribution is -2.65. The van der Waals surface area contributed by atoms with Gasteiger partial charge in [-0.05, 0) is 80.1 Å². The number of amides is 1. The van der Waals surface area contributed by atoms with Crippen molar-refractivity contribution in [1.82, 2.24) is 5.32 Å². The monoisotopic (exact) mass is 711 g/mol. The molecule has 1 aromatic carbocycles. The van der Waals surface area contributed by atoms with Crippen LogP contribution in [0.1, 0.15) is 73.8 Å². The molecule has 4 heterocycles. The number of rotatable bonds is 1. The smallest absolute Gasteiger partial charge is 0.253 e. The minimum absolute atomic E-state index is 0.00918. The molecule has 9 heteroatoms. The van der Waals surface area contributed by atoms with E-state index < -0.39 is 58.3 Å². The lowest BCUT2D eigenvalue weighted by atomic mass is 9.53. The maximum atomic E-state index is 14.7. The maximum absolute atomic E-state index is 14.7. The van der Waals surface area contributed by atoms with Gasteiger partial charge in [0.2, 0.25) is 11.6 Å².